The van der Waals surface area contributed by atoms with Crippen molar-refractivity contribution in [3.05, 3.63) is 96.3 Å². The van der Waals surface area contributed by atoms with E-state index in [1.165, 1.54) is 0 Å². The third kappa shape index (κ3) is 5.78. The van der Waals surface area contributed by atoms with E-state index in [1.54, 1.807) is 58.9 Å². The average Bonchev–Trinajstić information content (AvgIpc) is 3.82. The van der Waals surface area contributed by atoms with Crippen molar-refractivity contribution in [3.63, 3.8) is 0 Å². The Bertz CT molecular complexity index is 2690. The molecule has 0 aliphatic rings. The topological polar surface area (TPSA) is 157 Å². The highest BCUT2D eigenvalue weighted by molar-refractivity contribution is 6.13. The highest BCUT2D eigenvalue weighted by atomic mass is 16.5. The summed E-state index contributed by atoms with van der Waals surface area (Å²) in [5.74, 6) is 2.55. The lowest BCUT2D eigenvalue weighted by Gasteiger charge is -2.10. The van der Waals surface area contributed by atoms with Crippen LogP contribution in [0.15, 0.2) is 85.2 Å². The van der Waals surface area contributed by atoms with Gasteiger partial charge >= 0.3 is 0 Å². The van der Waals surface area contributed by atoms with E-state index in [4.69, 9.17) is 34.6 Å². The van der Waals surface area contributed by atoms with E-state index in [2.05, 4.69) is 32.3 Å². The summed E-state index contributed by atoms with van der Waals surface area (Å²) in [6, 6.07) is 26.7. The summed E-state index contributed by atoms with van der Waals surface area (Å²) in [7, 11) is 6.43. The number of benzene rings is 4. The maximum Gasteiger partial charge on any atom is 0.162 e. The molecule has 8 aromatic rings. The zero-order valence-electron chi connectivity index (χ0n) is 29.1. The fourth-order valence-electron chi connectivity index (χ4n) is 6.27. The number of hydrogen-bond donors (Lipinski definition) is 1. The van der Waals surface area contributed by atoms with Crippen LogP contribution in [0.5, 0.6) is 23.0 Å². The second-order valence-corrected chi connectivity index (χ2v) is 11.6. The number of nitrogens with zero attached hydrogens (tertiary/aromatic N) is 7. The molecule has 12 heteroatoms. The molecule has 0 atom stereocenters. The summed E-state index contributed by atoms with van der Waals surface area (Å²) < 4.78 is 23.6. The number of aryl methyl sites for hydroxylation is 1. The number of nitriles is 2. The number of nitrogens with one attached hydrogen (secondary N) is 1. The van der Waals surface area contributed by atoms with Crippen molar-refractivity contribution in [1.29, 1.82) is 10.5 Å². The van der Waals surface area contributed by atoms with Crippen molar-refractivity contribution < 1.29 is 18.9 Å². The van der Waals surface area contributed by atoms with Gasteiger partial charge in [0, 0.05) is 51.3 Å². The molecule has 4 aromatic carbocycles. The second-order valence-electron chi connectivity index (χ2n) is 11.6. The van der Waals surface area contributed by atoms with E-state index in [0.717, 1.165) is 72.7 Å². The van der Waals surface area contributed by atoms with Crippen LogP contribution >= 0.6 is 0 Å². The minimum atomic E-state index is 0.613. The first-order valence-corrected chi connectivity index (χ1v) is 16.3. The monoisotopic (exact) mass is 688 g/mol. The molecular formula is C40H32N8O4. The number of rotatable bonds is 7. The minimum absolute atomic E-state index is 0.613. The summed E-state index contributed by atoms with van der Waals surface area (Å²) >= 11 is 0. The molecule has 0 aliphatic carbocycles. The summed E-state index contributed by atoms with van der Waals surface area (Å²) in [5, 5.41) is 34.1. The molecule has 1 N–H and O–H groups in total. The Morgan fingerprint density at radius 2 is 1.12 bits per heavy atom. The fraction of sp³-hybridized carbons (Fsp3) is 0.150. The van der Waals surface area contributed by atoms with E-state index in [-0.39, 0.29) is 0 Å². The maximum absolute atomic E-state index is 9.06. The Morgan fingerprint density at radius 1 is 0.635 bits per heavy atom. The summed E-state index contributed by atoms with van der Waals surface area (Å²) in [6.07, 6.45) is 3.59. The molecule has 0 unspecified atom stereocenters. The van der Waals surface area contributed by atoms with Gasteiger partial charge in [-0.05, 0) is 43.3 Å². The van der Waals surface area contributed by atoms with Gasteiger partial charge in [-0.1, -0.05) is 24.3 Å². The molecule has 0 spiro atoms. The first-order valence-electron chi connectivity index (χ1n) is 16.3. The molecule has 52 heavy (non-hydrogen) atoms. The van der Waals surface area contributed by atoms with Crippen LogP contribution in [-0.2, 0) is 6.54 Å². The predicted molar refractivity (Wildman–Crippen MR) is 199 cm³/mol. The van der Waals surface area contributed by atoms with Gasteiger partial charge in [0.2, 0.25) is 0 Å². The van der Waals surface area contributed by atoms with Gasteiger partial charge in [-0.3, -0.25) is 19.7 Å². The number of methoxy groups -OCH3 is 4. The van der Waals surface area contributed by atoms with Crippen LogP contribution in [0.4, 0.5) is 0 Å². The molecule has 0 amide bonds. The van der Waals surface area contributed by atoms with Crippen molar-refractivity contribution in [1.82, 2.24) is 29.9 Å². The van der Waals surface area contributed by atoms with Crippen LogP contribution in [0, 0.1) is 22.7 Å². The molecule has 0 radical (unpaired) electrons. The standard InChI is InChI=1S/C21H18N4O2.C19H14N4O2/c1-4-25-17-12-23-16-10-19(27-3)18(26-2)9-15(16)20(17)21(24-25)14-7-5-13(11-22)6-8-14;1-24-16-7-13-14(8-17(16)25-2)21-10-15-18(13)19(23-22-15)12-5-3-11(9-20)4-6-12/h5-10,12H,4H2,1-3H3;3-8,10H,1-2H3,(H,22,23). The molecule has 0 saturated heterocycles. The highest BCUT2D eigenvalue weighted by Crippen LogP contribution is 2.39. The highest BCUT2D eigenvalue weighted by Gasteiger charge is 2.19. The van der Waals surface area contributed by atoms with Gasteiger partial charge in [-0.25, -0.2) is 0 Å². The third-order valence-electron chi connectivity index (χ3n) is 8.86. The number of fused-ring (bicyclic) bond motifs is 6. The molecule has 8 rings (SSSR count). The number of H-pyrrole nitrogens is 1. The molecule has 0 aliphatic heterocycles. The molecule has 0 fully saturated rings. The van der Waals surface area contributed by atoms with Gasteiger partial charge < -0.3 is 18.9 Å². The predicted octanol–water partition coefficient (Wildman–Crippen LogP) is 7.83. The number of aromatic amines is 1. The molecule has 12 nitrogen and oxygen atoms in total. The Balaban J connectivity index is 0.000000162. The molecule has 4 aromatic heterocycles. The lowest BCUT2D eigenvalue weighted by atomic mass is 10.0. The van der Waals surface area contributed by atoms with Crippen molar-refractivity contribution in [3.8, 4) is 57.7 Å². The first-order chi connectivity index (χ1) is 25.4. The van der Waals surface area contributed by atoms with Gasteiger partial charge in [-0.2, -0.15) is 20.7 Å². The largest absolute Gasteiger partial charge is 0.493 e. The number of aromatic nitrogens is 6. The Morgan fingerprint density at radius 3 is 1.62 bits per heavy atom. The third-order valence-corrected chi connectivity index (χ3v) is 8.86. The van der Waals surface area contributed by atoms with Gasteiger partial charge in [0.25, 0.3) is 0 Å². The maximum atomic E-state index is 9.06. The van der Waals surface area contributed by atoms with Crippen LogP contribution in [0.2, 0.25) is 0 Å². The van der Waals surface area contributed by atoms with Gasteiger partial charge in [0.15, 0.2) is 23.0 Å². The lowest BCUT2D eigenvalue weighted by molar-refractivity contribution is 0.356. The van der Waals surface area contributed by atoms with Crippen LogP contribution in [0.1, 0.15) is 18.1 Å². The second kappa shape index (κ2) is 14.0. The smallest absolute Gasteiger partial charge is 0.162 e. The zero-order chi connectivity index (χ0) is 36.4. The van der Waals surface area contributed by atoms with Crippen molar-refractivity contribution in [2.45, 2.75) is 13.5 Å². The van der Waals surface area contributed by atoms with E-state index in [0.29, 0.717) is 34.1 Å². The molecule has 256 valence electrons. The number of ether oxygens (including phenoxy) is 4. The molecule has 0 saturated carbocycles. The van der Waals surface area contributed by atoms with Gasteiger partial charge in [0.1, 0.15) is 11.4 Å². The minimum Gasteiger partial charge on any atom is -0.493 e. The van der Waals surface area contributed by atoms with Crippen molar-refractivity contribution in [2.75, 3.05) is 28.4 Å². The van der Waals surface area contributed by atoms with Crippen LogP contribution in [-0.4, -0.2) is 58.4 Å². The Hall–Kier alpha value is -7.18. The van der Waals surface area contributed by atoms with E-state index in [1.807, 2.05) is 66.3 Å². The fourth-order valence-corrected chi connectivity index (χ4v) is 6.27. The summed E-state index contributed by atoms with van der Waals surface area (Å²) in [4.78, 5) is 9.07. The summed E-state index contributed by atoms with van der Waals surface area (Å²) in [5.41, 5.74) is 8.16. The quantitative estimate of drug-likeness (QED) is 0.175. The van der Waals surface area contributed by atoms with Crippen LogP contribution in [0.25, 0.3) is 66.1 Å². The van der Waals surface area contributed by atoms with E-state index < -0.39 is 0 Å². The number of pyridine rings is 2. The first kappa shape index (κ1) is 33.3. The molecular weight excluding hydrogens is 656 g/mol. The normalized spacial score (nSPS) is 10.8. The van der Waals surface area contributed by atoms with E-state index >= 15 is 0 Å². The van der Waals surface area contributed by atoms with E-state index in [9.17, 15) is 0 Å². The molecule has 4 heterocycles. The average molecular weight is 689 g/mol. The van der Waals surface area contributed by atoms with Gasteiger partial charge in [0.05, 0.1) is 86.2 Å². The van der Waals surface area contributed by atoms with Crippen LogP contribution in [0.3, 0.4) is 0 Å². The Labute approximate surface area is 298 Å². The van der Waals surface area contributed by atoms with Crippen LogP contribution < -0.4 is 18.9 Å². The van der Waals surface area contributed by atoms with Crippen molar-refractivity contribution in [2.24, 2.45) is 0 Å². The Kier molecular flexibility index (Phi) is 8.96. The molecule has 0 bridgehead atoms. The lowest BCUT2D eigenvalue weighted by Crippen LogP contribution is -1.96. The zero-order valence-corrected chi connectivity index (χ0v) is 29.1. The summed E-state index contributed by atoms with van der Waals surface area (Å²) in [6.45, 7) is 2.78. The van der Waals surface area contributed by atoms with Crippen molar-refractivity contribution >= 4 is 43.6 Å². The number of hydrogen-bond acceptors (Lipinski definition) is 10. The van der Waals surface area contributed by atoms with Gasteiger partial charge in [-0.15, -0.1) is 0 Å². The SMILES string of the molecule is CCn1nc(-c2ccc(C#N)cc2)c2c3cc(OC)c(OC)cc3ncc21.COc1cc2ncc3[nH]nc(-c4ccc(C#N)cc4)c3c2cc1OC.